The molecule has 0 bridgehead atoms. The molecule has 0 aliphatic rings. The van der Waals surface area contributed by atoms with E-state index in [1.54, 1.807) is 10.9 Å². The summed E-state index contributed by atoms with van der Waals surface area (Å²) in [5.74, 6) is 0. The summed E-state index contributed by atoms with van der Waals surface area (Å²) >= 11 is 7.63. The highest BCUT2D eigenvalue weighted by atomic mass is 35.5. The van der Waals surface area contributed by atoms with Crippen LogP contribution in [0.1, 0.15) is 16.7 Å². The van der Waals surface area contributed by atoms with Crippen molar-refractivity contribution in [3.63, 3.8) is 0 Å². The Morgan fingerprint density at radius 2 is 2.33 bits per heavy atom. The molecule has 0 fully saturated rings. The van der Waals surface area contributed by atoms with Crippen molar-refractivity contribution in [2.45, 2.75) is 12.6 Å². The van der Waals surface area contributed by atoms with Gasteiger partial charge >= 0.3 is 0 Å². The van der Waals surface area contributed by atoms with E-state index in [9.17, 15) is 5.11 Å². The third-order valence-corrected chi connectivity index (χ3v) is 3.88. The largest absolute Gasteiger partial charge is 0.381 e. The van der Waals surface area contributed by atoms with E-state index in [1.165, 1.54) is 11.3 Å². The van der Waals surface area contributed by atoms with Crippen molar-refractivity contribution in [1.29, 1.82) is 0 Å². The average Bonchev–Trinajstić information content (AvgIpc) is 2.94. The fourth-order valence-electron chi connectivity index (χ4n) is 1.70. The zero-order valence-corrected chi connectivity index (χ0v) is 11.9. The molecule has 2 rings (SSSR count). The predicted molar refractivity (Wildman–Crippen MR) is 74.2 cm³/mol. The third-order valence-electron chi connectivity index (χ3n) is 2.66. The maximum absolute atomic E-state index is 10.3. The first-order chi connectivity index (χ1) is 8.59. The van der Waals surface area contributed by atoms with Gasteiger partial charge in [-0.1, -0.05) is 17.7 Å². The second-order valence-corrected chi connectivity index (χ2v) is 5.71. The molecule has 6 heteroatoms. The Morgan fingerprint density at radius 3 is 2.94 bits per heavy atom. The molecule has 0 spiro atoms. The lowest BCUT2D eigenvalue weighted by molar-refractivity contribution is 0.209. The second kappa shape index (κ2) is 5.84. The number of aromatic nitrogens is 2. The molecule has 1 unspecified atom stereocenters. The topological polar surface area (TPSA) is 41.3 Å². The van der Waals surface area contributed by atoms with Gasteiger partial charge in [-0.05, 0) is 25.5 Å². The van der Waals surface area contributed by atoms with Gasteiger partial charge in [0.2, 0.25) is 0 Å². The van der Waals surface area contributed by atoms with Gasteiger partial charge in [-0.3, -0.25) is 4.68 Å². The molecule has 1 N–H and O–H groups in total. The minimum atomic E-state index is -0.706. The van der Waals surface area contributed by atoms with E-state index < -0.39 is 6.10 Å². The lowest BCUT2D eigenvalue weighted by Crippen LogP contribution is -2.21. The molecule has 2 aromatic heterocycles. The van der Waals surface area contributed by atoms with E-state index in [4.69, 9.17) is 11.6 Å². The molecule has 18 heavy (non-hydrogen) atoms. The number of rotatable bonds is 5. The Bertz CT molecular complexity index is 495. The van der Waals surface area contributed by atoms with Crippen molar-refractivity contribution in [3.8, 4) is 0 Å². The Kier molecular flexibility index (Phi) is 4.40. The van der Waals surface area contributed by atoms with E-state index in [-0.39, 0.29) is 0 Å². The van der Waals surface area contributed by atoms with E-state index in [0.29, 0.717) is 17.3 Å². The molecular weight excluding hydrogens is 270 g/mol. The van der Waals surface area contributed by atoms with E-state index in [2.05, 4.69) is 10.00 Å². The zero-order chi connectivity index (χ0) is 13.1. The maximum atomic E-state index is 10.3. The molecule has 0 aliphatic heterocycles. The molecule has 0 amide bonds. The normalized spacial score (nSPS) is 13.2. The monoisotopic (exact) mass is 285 g/mol. The Hall–Kier alpha value is -0.880. The van der Waals surface area contributed by atoms with Gasteiger partial charge in [0.15, 0.2) is 0 Å². The number of aliphatic hydroxyl groups excluding tert-OH is 1. The minimum Gasteiger partial charge on any atom is -0.381 e. The summed E-state index contributed by atoms with van der Waals surface area (Å²) in [7, 11) is 4.00. The van der Waals surface area contributed by atoms with Crippen molar-refractivity contribution in [1.82, 2.24) is 14.7 Å². The predicted octanol–water partition coefficient (Wildman–Crippen LogP) is 2.24. The van der Waals surface area contributed by atoms with Crippen LogP contribution in [-0.4, -0.2) is 40.4 Å². The number of likely N-dealkylation sites (N-methyl/N-ethyl adjacent to an activating group) is 1. The summed E-state index contributed by atoms with van der Waals surface area (Å²) in [5, 5.41) is 17.0. The van der Waals surface area contributed by atoms with Gasteiger partial charge in [0.05, 0.1) is 23.5 Å². The van der Waals surface area contributed by atoms with Gasteiger partial charge in [-0.2, -0.15) is 5.10 Å². The lowest BCUT2D eigenvalue weighted by atomic mass is 10.2. The van der Waals surface area contributed by atoms with Crippen molar-refractivity contribution in [2.24, 2.45) is 0 Å². The Balaban J connectivity index is 2.23. The first kappa shape index (κ1) is 13.5. The highest BCUT2D eigenvalue weighted by Gasteiger charge is 2.20. The van der Waals surface area contributed by atoms with Gasteiger partial charge in [-0.15, -0.1) is 11.3 Å². The molecule has 0 radical (unpaired) electrons. The van der Waals surface area contributed by atoms with E-state index >= 15 is 0 Å². The van der Waals surface area contributed by atoms with Crippen LogP contribution < -0.4 is 0 Å². The van der Waals surface area contributed by atoms with Gasteiger partial charge < -0.3 is 10.0 Å². The minimum absolute atomic E-state index is 0.509. The molecule has 0 aromatic carbocycles. The summed E-state index contributed by atoms with van der Waals surface area (Å²) in [4.78, 5) is 2.94. The molecule has 2 aromatic rings. The molecule has 1 atom stereocenters. The van der Waals surface area contributed by atoms with Crippen LogP contribution in [0.25, 0.3) is 0 Å². The summed E-state index contributed by atoms with van der Waals surface area (Å²) < 4.78 is 1.77. The van der Waals surface area contributed by atoms with Gasteiger partial charge in [-0.25, -0.2) is 0 Å². The number of halogens is 1. The van der Waals surface area contributed by atoms with Crippen LogP contribution in [0.2, 0.25) is 5.02 Å². The van der Waals surface area contributed by atoms with Crippen molar-refractivity contribution in [2.75, 3.05) is 20.6 Å². The Morgan fingerprint density at radius 1 is 1.56 bits per heavy atom. The molecule has 4 nitrogen and oxygen atoms in total. The molecule has 2 heterocycles. The quantitative estimate of drug-likeness (QED) is 0.916. The van der Waals surface area contributed by atoms with Gasteiger partial charge in [0, 0.05) is 11.4 Å². The number of hydrogen-bond acceptors (Lipinski definition) is 4. The van der Waals surface area contributed by atoms with Gasteiger partial charge in [0.25, 0.3) is 0 Å². The van der Waals surface area contributed by atoms with Crippen LogP contribution in [0.3, 0.4) is 0 Å². The number of nitrogens with zero attached hydrogens (tertiary/aromatic N) is 3. The van der Waals surface area contributed by atoms with Crippen LogP contribution in [0, 0.1) is 0 Å². The third kappa shape index (κ3) is 2.92. The first-order valence-corrected chi connectivity index (χ1v) is 6.92. The van der Waals surface area contributed by atoms with Gasteiger partial charge in [0.1, 0.15) is 6.10 Å². The number of thiophene rings is 1. The van der Waals surface area contributed by atoms with Crippen LogP contribution in [-0.2, 0) is 6.54 Å². The maximum Gasteiger partial charge on any atom is 0.131 e. The standard InChI is InChI=1S/C12H16ClN3OS/c1-15(2)5-6-16-11(9(13)8-14-16)12(17)10-4-3-7-18-10/h3-4,7-8,12,17H,5-6H2,1-2H3. The van der Waals surface area contributed by atoms with Crippen molar-refractivity contribution < 1.29 is 5.11 Å². The lowest BCUT2D eigenvalue weighted by Gasteiger charge is -2.15. The molecule has 0 aliphatic carbocycles. The summed E-state index contributed by atoms with van der Waals surface area (Å²) in [6.45, 7) is 1.56. The Labute approximate surface area is 115 Å². The molecule has 0 saturated heterocycles. The number of hydrogen-bond donors (Lipinski definition) is 1. The van der Waals surface area contributed by atoms with Crippen LogP contribution >= 0.6 is 22.9 Å². The fraction of sp³-hybridized carbons (Fsp3) is 0.417. The van der Waals surface area contributed by atoms with Crippen LogP contribution in [0.4, 0.5) is 0 Å². The average molecular weight is 286 g/mol. The molecule has 0 saturated carbocycles. The van der Waals surface area contributed by atoms with Crippen molar-refractivity contribution in [3.05, 3.63) is 39.3 Å². The van der Waals surface area contributed by atoms with E-state index in [0.717, 1.165) is 11.4 Å². The first-order valence-electron chi connectivity index (χ1n) is 5.67. The van der Waals surface area contributed by atoms with Crippen LogP contribution in [0.15, 0.2) is 23.7 Å². The fourth-order valence-corrected chi connectivity index (χ4v) is 2.65. The second-order valence-electron chi connectivity index (χ2n) is 4.32. The summed E-state index contributed by atoms with van der Waals surface area (Å²) in [6, 6.07) is 3.81. The van der Waals surface area contributed by atoms with E-state index in [1.807, 2.05) is 31.6 Å². The summed E-state index contributed by atoms with van der Waals surface area (Å²) in [5.41, 5.74) is 0.668. The smallest absolute Gasteiger partial charge is 0.131 e. The highest BCUT2D eigenvalue weighted by Crippen LogP contribution is 2.30. The molecular formula is C12H16ClN3OS. The van der Waals surface area contributed by atoms with Crippen molar-refractivity contribution >= 4 is 22.9 Å². The number of aliphatic hydroxyl groups is 1. The SMILES string of the molecule is CN(C)CCn1ncc(Cl)c1C(O)c1cccs1. The highest BCUT2D eigenvalue weighted by molar-refractivity contribution is 7.10. The zero-order valence-electron chi connectivity index (χ0n) is 10.4. The molecule has 98 valence electrons. The summed E-state index contributed by atoms with van der Waals surface area (Å²) in [6.07, 6.45) is 0.880. The van der Waals surface area contributed by atoms with Crippen LogP contribution in [0.5, 0.6) is 0 Å².